The van der Waals surface area contributed by atoms with Crippen molar-refractivity contribution >= 4 is 16.9 Å². The molecule has 2 rings (SSSR count). The first kappa shape index (κ1) is 5.96. The average molecular weight is 150 g/mol. The Hall–Kier alpha value is -1.78. The fraction of sp³-hybridized carbons (Fsp3) is 0. The fourth-order valence-corrected chi connectivity index (χ4v) is 0.975. The third-order valence-corrected chi connectivity index (χ3v) is 1.46. The van der Waals surface area contributed by atoms with Gasteiger partial charge in [0.05, 0.1) is 12.0 Å². The Morgan fingerprint density at radius 3 is 3.18 bits per heavy atom. The van der Waals surface area contributed by atoms with Gasteiger partial charge >= 0.3 is 0 Å². The van der Waals surface area contributed by atoms with E-state index >= 15 is 0 Å². The second-order valence-corrected chi connectivity index (χ2v) is 2.22. The van der Waals surface area contributed by atoms with Crippen LogP contribution in [0.2, 0.25) is 0 Å². The van der Waals surface area contributed by atoms with Gasteiger partial charge in [-0.2, -0.15) is 0 Å². The third kappa shape index (κ3) is 0.778. The van der Waals surface area contributed by atoms with Gasteiger partial charge in [0.1, 0.15) is 5.52 Å². The van der Waals surface area contributed by atoms with E-state index in [-0.39, 0.29) is 5.56 Å². The van der Waals surface area contributed by atoms with Gasteiger partial charge in [0.2, 0.25) is 0 Å². The van der Waals surface area contributed by atoms with E-state index in [0.29, 0.717) is 16.9 Å². The van der Waals surface area contributed by atoms with Gasteiger partial charge in [-0.25, -0.2) is 4.98 Å². The van der Waals surface area contributed by atoms with E-state index in [0.717, 1.165) is 0 Å². The number of hydrogen-bond donors (Lipinski definition) is 3. The summed E-state index contributed by atoms with van der Waals surface area (Å²) in [5.74, 6) is 0. The average Bonchev–Trinajstić information content (AvgIpc) is 2.34. The molecule has 4 N–H and O–H groups in total. The van der Waals surface area contributed by atoms with Crippen molar-refractivity contribution in [2.45, 2.75) is 0 Å². The first-order chi connectivity index (χ1) is 5.27. The molecule has 0 amide bonds. The molecule has 5 heteroatoms. The number of fused-ring (bicyclic) bond motifs is 1. The number of hydrogen-bond acceptors (Lipinski definition) is 3. The van der Waals surface area contributed by atoms with Crippen LogP contribution in [0.1, 0.15) is 0 Å². The van der Waals surface area contributed by atoms with Crippen molar-refractivity contribution in [3.63, 3.8) is 0 Å². The van der Waals surface area contributed by atoms with E-state index in [4.69, 9.17) is 5.73 Å². The van der Waals surface area contributed by atoms with Crippen LogP contribution in [0.25, 0.3) is 11.2 Å². The molecule has 0 aliphatic rings. The molecule has 0 spiro atoms. The topological polar surface area (TPSA) is 87.6 Å². The summed E-state index contributed by atoms with van der Waals surface area (Å²) < 4.78 is 0. The van der Waals surface area contributed by atoms with Crippen molar-refractivity contribution in [3.05, 3.63) is 22.7 Å². The molecule has 0 saturated carbocycles. The molecule has 11 heavy (non-hydrogen) atoms. The monoisotopic (exact) mass is 150 g/mol. The molecular formula is C6H6N4O. The van der Waals surface area contributed by atoms with Crippen molar-refractivity contribution in [3.8, 4) is 0 Å². The van der Waals surface area contributed by atoms with Crippen molar-refractivity contribution in [2.24, 2.45) is 0 Å². The summed E-state index contributed by atoms with van der Waals surface area (Å²) in [6.45, 7) is 0. The van der Waals surface area contributed by atoms with Crippen LogP contribution in [0, 0.1) is 0 Å². The van der Waals surface area contributed by atoms with E-state index in [1.54, 1.807) is 0 Å². The number of H-pyrrole nitrogens is 2. The highest BCUT2D eigenvalue weighted by Crippen LogP contribution is 2.10. The number of pyridine rings is 1. The molecule has 0 aliphatic heterocycles. The number of rotatable bonds is 0. The third-order valence-electron chi connectivity index (χ3n) is 1.46. The Balaban J connectivity index is 3.02. The Morgan fingerprint density at radius 1 is 1.55 bits per heavy atom. The van der Waals surface area contributed by atoms with Gasteiger partial charge in [-0.15, -0.1) is 0 Å². The summed E-state index contributed by atoms with van der Waals surface area (Å²) in [6, 6.07) is 1.32. The molecule has 0 fully saturated rings. The van der Waals surface area contributed by atoms with Crippen LogP contribution in [0.15, 0.2) is 17.2 Å². The van der Waals surface area contributed by atoms with Crippen LogP contribution in [0.5, 0.6) is 0 Å². The van der Waals surface area contributed by atoms with Crippen LogP contribution in [0.4, 0.5) is 5.69 Å². The largest absolute Gasteiger partial charge is 0.397 e. The molecule has 5 nitrogen and oxygen atoms in total. The molecule has 0 aromatic carbocycles. The van der Waals surface area contributed by atoms with Gasteiger partial charge in [-0.1, -0.05) is 0 Å². The maximum absolute atomic E-state index is 10.8. The van der Waals surface area contributed by atoms with Gasteiger partial charge in [0.25, 0.3) is 5.56 Å². The predicted octanol–water partition coefficient (Wildman–Crippen LogP) is -0.167. The summed E-state index contributed by atoms with van der Waals surface area (Å²) in [5, 5.41) is 0. The lowest BCUT2D eigenvalue weighted by Gasteiger charge is -1.91. The van der Waals surface area contributed by atoms with E-state index in [1.165, 1.54) is 12.4 Å². The van der Waals surface area contributed by atoms with Crippen LogP contribution in [-0.2, 0) is 0 Å². The second-order valence-electron chi connectivity index (χ2n) is 2.22. The molecule has 2 aromatic heterocycles. The zero-order chi connectivity index (χ0) is 7.84. The van der Waals surface area contributed by atoms with Gasteiger partial charge in [-0.3, -0.25) is 4.79 Å². The Morgan fingerprint density at radius 2 is 2.36 bits per heavy atom. The molecule has 0 atom stereocenters. The zero-order valence-electron chi connectivity index (χ0n) is 5.59. The Bertz CT molecular complexity index is 441. The van der Waals surface area contributed by atoms with Crippen LogP contribution < -0.4 is 11.3 Å². The highest BCUT2D eigenvalue weighted by atomic mass is 16.1. The number of anilines is 1. The molecule has 2 aromatic rings. The first-order valence-corrected chi connectivity index (χ1v) is 3.09. The molecule has 0 unspecified atom stereocenters. The Kier molecular flexibility index (Phi) is 1.00. The predicted molar refractivity (Wildman–Crippen MR) is 41.1 cm³/mol. The molecule has 0 aliphatic carbocycles. The number of nitrogens with one attached hydrogen (secondary N) is 2. The van der Waals surface area contributed by atoms with Crippen molar-refractivity contribution in [1.82, 2.24) is 15.0 Å². The zero-order valence-corrected chi connectivity index (χ0v) is 5.59. The van der Waals surface area contributed by atoms with E-state index < -0.39 is 0 Å². The number of aromatic nitrogens is 3. The summed E-state index contributed by atoms with van der Waals surface area (Å²) >= 11 is 0. The number of nitrogens with zero attached hydrogens (tertiary/aromatic N) is 1. The number of aromatic amines is 2. The maximum atomic E-state index is 10.8. The van der Waals surface area contributed by atoms with Crippen LogP contribution >= 0.6 is 0 Å². The number of nitrogen functional groups attached to an aromatic ring is 1. The quantitative estimate of drug-likeness (QED) is 0.487. The van der Waals surface area contributed by atoms with E-state index in [9.17, 15) is 4.79 Å². The van der Waals surface area contributed by atoms with Crippen molar-refractivity contribution < 1.29 is 0 Å². The summed E-state index contributed by atoms with van der Waals surface area (Å²) in [6.07, 6.45) is 1.48. The molecule has 56 valence electrons. The standard InChI is InChI=1S/C6H6N4O/c7-3-1-4(11)10-6-5(3)8-2-9-6/h1-2H,(H4,7,8,9,10,11). The summed E-state index contributed by atoms with van der Waals surface area (Å²) in [7, 11) is 0. The number of nitrogens with two attached hydrogens (primary N) is 1. The molecule has 0 radical (unpaired) electrons. The summed E-state index contributed by atoms with van der Waals surface area (Å²) in [4.78, 5) is 20.0. The Labute approximate surface area is 61.3 Å². The molecule has 0 bridgehead atoms. The van der Waals surface area contributed by atoms with Gasteiger partial charge in [0, 0.05) is 6.07 Å². The van der Waals surface area contributed by atoms with Crippen molar-refractivity contribution in [2.75, 3.05) is 5.73 Å². The smallest absolute Gasteiger partial charge is 0.251 e. The highest BCUT2D eigenvalue weighted by molar-refractivity contribution is 5.82. The van der Waals surface area contributed by atoms with Gasteiger partial charge < -0.3 is 15.7 Å². The lowest BCUT2D eigenvalue weighted by Crippen LogP contribution is -2.05. The van der Waals surface area contributed by atoms with E-state index in [1.807, 2.05) is 0 Å². The first-order valence-electron chi connectivity index (χ1n) is 3.09. The normalized spacial score (nSPS) is 10.5. The SMILES string of the molecule is Nc1cc(=O)[nH]c2nc[nH]c12. The fourth-order valence-electron chi connectivity index (χ4n) is 0.975. The molecule has 2 heterocycles. The van der Waals surface area contributed by atoms with Crippen molar-refractivity contribution in [1.29, 1.82) is 0 Å². The summed E-state index contributed by atoms with van der Waals surface area (Å²) in [5.41, 5.74) is 6.86. The second kappa shape index (κ2) is 1.85. The minimum Gasteiger partial charge on any atom is -0.397 e. The molecule has 0 saturated heterocycles. The van der Waals surface area contributed by atoms with Crippen LogP contribution in [-0.4, -0.2) is 15.0 Å². The van der Waals surface area contributed by atoms with Gasteiger partial charge in [0.15, 0.2) is 5.65 Å². The highest BCUT2D eigenvalue weighted by Gasteiger charge is 2.00. The lowest BCUT2D eigenvalue weighted by molar-refractivity contribution is 1.25. The number of imidazole rings is 1. The minimum atomic E-state index is -0.234. The lowest BCUT2D eigenvalue weighted by atomic mass is 10.4. The maximum Gasteiger partial charge on any atom is 0.251 e. The minimum absolute atomic E-state index is 0.234. The van der Waals surface area contributed by atoms with Crippen LogP contribution in [0.3, 0.4) is 0 Å². The molecular weight excluding hydrogens is 144 g/mol. The van der Waals surface area contributed by atoms with Gasteiger partial charge in [-0.05, 0) is 0 Å². The van der Waals surface area contributed by atoms with E-state index in [2.05, 4.69) is 15.0 Å².